The summed E-state index contributed by atoms with van der Waals surface area (Å²) in [5.41, 5.74) is 5.32. The van der Waals surface area contributed by atoms with Crippen molar-refractivity contribution >= 4 is 36.3 Å². The van der Waals surface area contributed by atoms with Crippen molar-refractivity contribution in [1.29, 1.82) is 0 Å². The first-order valence-corrected chi connectivity index (χ1v) is 3.51. The Hall–Kier alpha value is -0.800. The van der Waals surface area contributed by atoms with Crippen LogP contribution in [0.25, 0.3) is 12.3 Å². The van der Waals surface area contributed by atoms with Crippen molar-refractivity contribution < 1.29 is 0 Å². The highest BCUT2D eigenvalue weighted by molar-refractivity contribution is 14.0. The normalized spacial score (nSPS) is 12.9. The maximum atomic E-state index is 4.10. The Kier molecular flexibility index (Phi) is 2.89. The minimum atomic E-state index is 0. The smallest absolute Gasteiger partial charge is 0.0738 e. The molecule has 0 N–H and O–H groups in total. The number of hydrogen-bond donors (Lipinski definition) is 0. The zero-order valence-electron chi connectivity index (χ0n) is 6.69. The number of rotatable bonds is 0. The lowest BCUT2D eigenvalue weighted by Crippen LogP contribution is -1.89. The Morgan fingerprint density at radius 3 is 3.17 bits per heavy atom. The first kappa shape index (κ1) is 9.29. The van der Waals surface area contributed by atoms with Gasteiger partial charge in [-0.3, -0.25) is 0 Å². The van der Waals surface area contributed by atoms with Crippen LogP contribution in [0.1, 0.15) is 12.6 Å². The molecule has 0 saturated carbocycles. The number of allylic oxidation sites excluding steroid dienone is 2. The third kappa shape index (κ3) is 1.68. The predicted octanol–water partition coefficient (Wildman–Crippen LogP) is 2.54. The van der Waals surface area contributed by atoms with Crippen molar-refractivity contribution in [3.8, 4) is 0 Å². The van der Waals surface area contributed by atoms with E-state index in [-0.39, 0.29) is 24.0 Å². The minimum absolute atomic E-state index is 0. The van der Waals surface area contributed by atoms with Gasteiger partial charge in [-0.2, -0.15) is 5.10 Å². The number of halogens is 1. The monoisotopic (exact) mass is 272 g/mol. The molecule has 0 fully saturated rings. The number of hydrogen-bond acceptors (Lipinski definition) is 1. The van der Waals surface area contributed by atoms with Crippen LogP contribution in [0.15, 0.2) is 29.6 Å². The first-order valence-electron chi connectivity index (χ1n) is 3.51. The summed E-state index contributed by atoms with van der Waals surface area (Å²) < 4.78 is 1.82. The average Bonchev–Trinajstić information content (AvgIpc) is 2.38. The molecule has 0 spiro atoms. The van der Waals surface area contributed by atoms with Crippen LogP contribution in [0.4, 0.5) is 0 Å². The van der Waals surface area contributed by atoms with Crippen molar-refractivity contribution in [3.63, 3.8) is 0 Å². The summed E-state index contributed by atoms with van der Waals surface area (Å²) in [7, 11) is 0. The summed E-state index contributed by atoms with van der Waals surface area (Å²) in [4.78, 5) is 0. The van der Waals surface area contributed by atoms with E-state index in [1.165, 1.54) is 0 Å². The molecular weight excluding hydrogens is 263 g/mol. The fraction of sp³-hybridized carbons (Fsp3) is 0.111. The van der Waals surface area contributed by atoms with Crippen LogP contribution in [0.3, 0.4) is 0 Å². The number of nitrogens with zero attached hydrogens (tertiary/aromatic N) is 2. The molecule has 2 rings (SSSR count). The highest BCUT2D eigenvalue weighted by Gasteiger charge is 1.95. The van der Waals surface area contributed by atoms with Gasteiger partial charge in [-0.1, -0.05) is 0 Å². The lowest BCUT2D eigenvalue weighted by Gasteiger charge is -1.91. The first-order chi connectivity index (χ1) is 5.36. The second kappa shape index (κ2) is 3.74. The van der Waals surface area contributed by atoms with E-state index in [4.69, 9.17) is 0 Å². The molecule has 62 valence electrons. The predicted molar refractivity (Wildman–Crippen MR) is 60.1 cm³/mol. The van der Waals surface area contributed by atoms with E-state index in [0.717, 1.165) is 11.3 Å². The molecular formula is C9H9IN2. The lowest BCUT2D eigenvalue weighted by atomic mass is 10.3. The molecule has 3 heteroatoms. The maximum Gasteiger partial charge on any atom is 0.0738 e. The molecule has 0 aromatic carbocycles. The van der Waals surface area contributed by atoms with Gasteiger partial charge in [0.15, 0.2) is 0 Å². The van der Waals surface area contributed by atoms with Gasteiger partial charge in [0, 0.05) is 18.5 Å². The zero-order valence-corrected chi connectivity index (χ0v) is 9.02. The van der Waals surface area contributed by atoms with Crippen molar-refractivity contribution in [2.75, 3.05) is 0 Å². The average molecular weight is 272 g/mol. The van der Waals surface area contributed by atoms with Gasteiger partial charge in [0.25, 0.3) is 0 Å². The molecule has 0 radical (unpaired) electrons. The van der Waals surface area contributed by atoms with Crippen molar-refractivity contribution in [2.24, 2.45) is 0 Å². The molecule has 0 unspecified atom stereocenters. The SMILES string of the molecule is CC1=C=Cc2ccnn2C=C1.I. The Balaban J connectivity index is 0.000000720. The summed E-state index contributed by atoms with van der Waals surface area (Å²) in [6.45, 7) is 2.01. The molecule has 12 heavy (non-hydrogen) atoms. The zero-order chi connectivity index (χ0) is 7.68. The molecule has 1 aliphatic heterocycles. The van der Waals surface area contributed by atoms with E-state index in [9.17, 15) is 0 Å². The largest absolute Gasteiger partial charge is 0.240 e. The second-order valence-electron chi connectivity index (χ2n) is 2.49. The lowest BCUT2D eigenvalue weighted by molar-refractivity contribution is 0.925. The van der Waals surface area contributed by atoms with Crippen molar-refractivity contribution in [2.45, 2.75) is 6.92 Å². The van der Waals surface area contributed by atoms with Gasteiger partial charge in [-0.25, -0.2) is 4.68 Å². The van der Waals surface area contributed by atoms with Crippen LogP contribution in [-0.2, 0) is 0 Å². The van der Waals surface area contributed by atoms with Crippen molar-refractivity contribution in [1.82, 2.24) is 9.78 Å². The molecule has 1 aliphatic rings. The van der Waals surface area contributed by atoms with E-state index in [1.54, 1.807) is 6.20 Å². The standard InChI is InChI=1S/C9H8N2.HI/c1-8-2-3-9-4-6-10-11(9)7-5-8;/h3-7H,1H3;1H. The highest BCUT2D eigenvalue weighted by Crippen LogP contribution is 2.07. The molecule has 0 bridgehead atoms. The Labute approximate surface area is 88.3 Å². The Morgan fingerprint density at radius 2 is 2.33 bits per heavy atom. The highest BCUT2D eigenvalue weighted by atomic mass is 127. The van der Waals surface area contributed by atoms with Crippen LogP contribution in [0.2, 0.25) is 0 Å². The maximum absolute atomic E-state index is 4.10. The fourth-order valence-electron chi connectivity index (χ4n) is 0.982. The Bertz CT molecular complexity index is 368. The van der Waals surface area contributed by atoms with Gasteiger partial charge in [-0.05, 0) is 24.6 Å². The third-order valence-corrected chi connectivity index (χ3v) is 1.61. The quantitative estimate of drug-likeness (QED) is 0.524. The van der Waals surface area contributed by atoms with E-state index in [2.05, 4.69) is 10.8 Å². The minimum Gasteiger partial charge on any atom is -0.240 e. The fourth-order valence-corrected chi connectivity index (χ4v) is 0.982. The van der Waals surface area contributed by atoms with E-state index in [1.807, 2.05) is 36.0 Å². The van der Waals surface area contributed by atoms with Crippen LogP contribution in [-0.4, -0.2) is 9.78 Å². The van der Waals surface area contributed by atoms with Gasteiger partial charge < -0.3 is 0 Å². The van der Waals surface area contributed by atoms with Crippen LogP contribution >= 0.6 is 24.0 Å². The summed E-state index contributed by atoms with van der Waals surface area (Å²) in [5.74, 6) is 0. The van der Waals surface area contributed by atoms with E-state index in [0.29, 0.717) is 0 Å². The summed E-state index contributed by atoms with van der Waals surface area (Å²) in [6, 6.07) is 1.95. The molecule has 2 heterocycles. The molecule has 1 aromatic heterocycles. The van der Waals surface area contributed by atoms with Gasteiger partial charge >= 0.3 is 0 Å². The molecule has 0 amide bonds. The molecule has 0 saturated heterocycles. The molecule has 0 atom stereocenters. The van der Waals surface area contributed by atoms with E-state index < -0.39 is 0 Å². The third-order valence-electron chi connectivity index (χ3n) is 1.61. The Morgan fingerprint density at radius 1 is 1.50 bits per heavy atom. The van der Waals surface area contributed by atoms with Gasteiger partial charge in [0.1, 0.15) is 0 Å². The number of aromatic nitrogens is 2. The second-order valence-corrected chi connectivity index (χ2v) is 2.49. The molecule has 0 aliphatic carbocycles. The van der Waals surface area contributed by atoms with Crippen LogP contribution in [0, 0.1) is 0 Å². The number of fused-ring (bicyclic) bond motifs is 1. The van der Waals surface area contributed by atoms with E-state index >= 15 is 0 Å². The molecule has 2 nitrogen and oxygen atoms in total. The van der Waals surface area contributed by atoms with Crippen LogP contribution in [0.5, 0.6) is 0 Å². The summed E-state index contributed by atoms with van der Waals surface area (Å²) in [6.07, 6.45) is 7.63. The molecule has 1 aromatic rings. The topological polar surface area (TPSA) is 17.8 Å². The summed E-state index contributed by atoms with van der Waals surface area (Å²) >= 11 is 0. The van der Waals surface area contributed by atoms with Gasteiger partial charge in [0.05, 0.1) is 5.69 Å². The summed E-state index contributed by atoms with van der Waals surface area (Å²) in [5, 5.41) is 4.10. The van der Waals surface area contributed by atoms with Crippen molar-refractivity contribution in [3.05, 3.63) is 35.3 Å². The van der Waals surface area contributed by atoms with Gasteiger partial charge in [-0.15, -0.1) is 29.7 Å². The van der Waals surface area contributed by atoms with Gasteiger partial charge in [0.2, 0.25) is 0 Å². The van der Waals surface area contributed by atoms with Crippen LogP contribution < -0.4 is 0 Å².